The first-order chi connectivity index (χ1) is 11.9. The molecule has 2 aromatic rings. The van der Waals surface area contributed by atoms with Gasteiger partial charge in [0.1, 0.15) is 0 Å². The number of nitrogens with zero attached hydrogens (tertiary/aromatic N) is 2. The standard InChI is InChI=1S/C18H16N2O5/c1-2-19-15-10-6-4-8-13(15)18(23,17(19)22)11-16(21)12-7-3-5-9-14(12)20(24)25/h3-10,23H,2,11H2,1H3. The highest BCUT2D eigenvalue weighted by molar-refractivity contribution is 6.11. The van der Waals surface area contributed by atoms with Gasteiger partial charge in [0.05, 0.1) is 22.6 Å². The zero-order valence-electron chi connectivity index (χ0n) is 13.5. The number of benzene rings is 2. The van der Waals surface area contributed by atoms with Gasteiger partial charge in [0.2, 0.25) is 0 Å². The van der Waals surface area contributed by atoms with Gasteiger partial charge in [0.15, 0.2) is 11.4 Å². The number of nitro groups is 1. The molecule has 1 amide bonds. The van der Waals surface area contributed by atoms with Crippen molar-refractivity contribution in [2.24, 2.45) is 0 Å². The molecule has 1 unspecified atom stereocenters. The van der Waals surface area contributed by atoms with E-state index in [1.54, 1.807) is 31.2 Å². The van der Waals surface area contributed by atoms with Gasteiger partial charge >= 0.3 is 0 Å². The molecule has 25 heavy (non-hydrogen) atoms. The number of anilines is 1. The van der Waals surface area contributed by atoms with Crippen molar-refractivity contribution in [3.8, 4) is 0 Å². The molecule has 0 aliphatic carbocycles. The summed E-state index contributed by atoms with van der Waals surface area (Å²) >= 11 is 0. The lowest BCUT2D eigenvalue weighted by Crippen LogP contribution is -2.41. The fourth-order valence-corrected chi connectivity index (χ4v) is 3.19. The van der Waals surface area contributed by atoms with Crippen molar-refractivity contribution in [3.05, 3.63) is 69.8 Å². The topological polar surface area (TPSA) is 101 Å². The van der Waals surface area contributed by atoms with Gasteiger partial charge in [-0.25, -0.2) is 0 Å². The lowest BCUT2D eigenvalue weighted by Gasteiger charge is -2.22. The number of ketones is 1. The predicted molar refractivity (Wildman–Crippen MR) is 90.4 cm³/mol. The Labute approximate surface area is 143 Å². The second-order valence-corrected chi connectivity index (χ2v) is 5.80. The number of fused-ring (bicyclic) bond motifs is 1. The fourth-order valence-electron chi connectivity index (χ4n) is 3.19. The molecule has 128 valence electrons. The maximum absolute atomic E-state index is 12.7. The van der Waals surface area contributed by atoms with Crippen molar-refractivity contribution in [2.45, 2.75) is 18.9 Å². The average Bonchev–Trinajstić information content (AvgIpc) is 2.82. The highest BCUT2D eigenvalue weighted by Crippen LogP contribution is 2.43. The third kappa shape index (κ3) is 2.58. The van der Waals surface area contributed by atoms with Crippen LogP contribution < -0.4 is 4.90 Å². The predicted octanol–water partition coefficient (Wildman–Crippen LogP) is 2.42. The summed E-state index contributed by atoms with van der Waals surface area (Å²) in [5, 5.41) is 22.1. The number of para-hydroxylation sites is 2. The van der Waals surface area contributed by atoms with Gasteiger partial charge in [-0.15, -0.1) is 0 Å². The van der Waals surface area contributed by atoms with Crippen LogP contribution in [0.25, 0.3) is 0 Å². The van der Waals surface area contributed by atoms with E-state index in [0.717, 1.165) is 0 Å². The molecule has 0 saturated heterocycles. The van der Waals surface area contributed by atoms with E-state index in [1.165, 1.54) is 29.2 Å². The van der Waals surface area contributed by atoms with Gasteiger partial charge in [-0.1, -0.05) is 30.3 Å². The second-order valence-electron chi connectivity index (χ2n) is 5.80. The van der Waals surface area contributed by atoms with E-state index < -0.39 is 28.6 Å². The maximum Gasteiger partial charge on any atom is 0.280 e. The molecule has 3 rings (SSSR count). The third-order valence-corrected chi connectivity index (χ3v) is 4.37. The van der Waals surface area contributed by atoms with Gasteiger partial charge in [-0.3, -0.25) is 19.7 Å². The number of nitro benzene ring substituents is 1. The molecule has 1 N–H and O–H groups in total. The molecule has 1 atom stereocenters. The third-order valence-electron chi connectivity index (χ3n) is 4.37. The summed E-state index contributed by atoms with van der Waals surface area (Å²) in [5.41, 5.74) is -1.60. The molecule has 1 heterocycles. The minimum atomic E-state index is -2.02. The van der Waals surface area contributed by atoms with Gasteiger partial charge in [0, 0.05) is 18.2 Å². The van der Waals surface area contributed by atoms with E-state index in [4.69, 9.17) is 0 Å². The first-order valence-corrected chi connectivity index (χ1v) is 7.80. The summed E-state index contributed by atoms with van der Waals surface area (Å²) in [7, 11) is 0. The largest absolute Gasteiger partial charge is 0.375 e. The number of aliphatic hydroxyl groups is 1. The van der Waals surface area contributed by atoms with Crippen molar-refractivity contribution < 1.29 is 19.6 Å². The molecule has 0 aromatic heterocycles. The normalized spacial score (nSPS) is 19.0. The van der Waals surface area contributed by atoms with Crippen LogP contribution in [0.1, 0.15) is 29.3 Å². The monoisotopic (exact) mass is 340 g/mol. The van der Waals surface area contributed by atoms with Crippen LogP contribution in [0.15, 0.2) is 48.5 Å². The SMILES string of the molecule is CCN1C(=O)C(O)(CC(=O)c2ccccc2[N+](=O)[O-])c2ccccc21. The van der Waals surface area contributed by atoms with Gasteiger partial charge in [-0.05, 0) is 19.1 Å². The number of carbonyl (C=O) groups excluding carboxylic acids is 2. The maximum atomic E-state index is 12.7. The second kappa shape index (κ2) is 6.10. The lowest BCUT2D eigenvalue weighted by molar-refractivity contribution is -0.385. The Morgan fingerprint density at radius 1 is 1.20 bits per heavy atom. The van der Waals surface area contributed by atoms with Gasteiger partial charge in [0.25, 0.3) is 11.6 Å². The van der Waals surface area contributed by atoms with Crippen LogP contribution in [0.5, 0.6) is 0 Å². The number of rotatable bonds is 5. The number of carbonyl (C=O) groups is 2. The van der Waals surface area contributed by atoms with Crippen molar-refractivity contribution >= 4 is 23.1 Å². The van der Waals surface area contributed by atoms with E-state index in [-0.39, 0.29) is 11.3 Å². The summed E-state index contributed by atoms with van der Waals surface area (Å²) in [6.07, 6.45) is -0.551. The highest BCUT2D eigenvalue weighted by Gasteiger charge is 2.50. The zero-order valence-corrected chi connectivity index (χ0v) is 13.5. The number of Topliss-reactive ketones (excluding diaryl/α,β-unsaturated/α-hetero) is 1. The van der Waals surface area contributed by atoms with Crippen molar-refractivity contribution in [3.63, 3.8) is 0 Å². The Morgan fingerprint density at radius 2 is 1.84 bits per heavy atom. The Bertz CT molecular complexity index is 879. The minimum Gasteiger partial charge on any atom is -0.375 e. The van der Waals surface area contributed by atoms with E-state index in [9.17, 15) is 24.8 Å². The number of likely N-dealkylation sites (N-methyl/N-ethyl adjacent to an activating group) is 1. The van der Waals surface area contributed by atoms with Gasteiger partial charge in [-0.2, -0.15) is 0 Å². The van der Waals surface area contributed by atoms with Crippen LogP contribution in [-0.2, 0) is 10.4 Å². The van der Waals surface area contributed by atoms with Crippen LogP contribution in [0, 0.1) is 10.1 Å². The van der Waals surface area contributed by atoms with Crippen molar-refractivity contribution in [1.82, 2.24) is 0 Å². The van der Waals surface area contributed by atoms with E-state index in [1.807, 2.05) is 0 Å². The van der Waals surface area contributed by atoms with Crippen LogP contribution in [0.3, 0.4) is 0 Å². The number of amides is 1. The van der Waals surface area contributed by atoms with Crippen LogP contribution >= 0.6 is 0 Å². The first-order valence-electron chi connectivity index (χ1n) is 7.80. The van der Waals surface area contributed by atoms with E-state index in [2.05, 4.69) is 0 Å². The van der Waals surface area contributed by atoms with E-state index in [0.29, 0.717) is 17.8 Å². The summed E-state index contributed by atoms with van der Waals surface area (Å²) in [6, 6.07) is 12.2. The highest BCUT2D eigenvalue weighted by atomic mass is 16.6. The minimum absolute atomic E-state index is 0.124. The van der Waals surface area contributed by atoms with E-state index >= 15 is 0 Å². The molecule has 0 radical (unpaired) electrons. The molecule has 7 heteroatoms. The molecule has 0 bridgehead atoms. The first kappa shape index (κ1) is 16.8. The number of hydrogen-bond acceptors (Lipinski definition) is 5. The Morgan fingerprint density at radius 3 is 2.52 bits per heavy atom. The summed E-state index contributed by atoms with van der Waals surface area (Å²) in [5.74, 6) is -1.25. The summed E-state index contributed by atoms with van der Waals surface area (Å²) < 4.78 is 0. The fraction of sp³-hybridized carbons (Fsp3) is 0.222. The van der Waals surface area contributed by atoms with Crippen molar-refractivity contribution in [2.75, 3.05) is 11.4 Å². The molecule has 0 fully saturated rings. The molecule has 2 aromatic carbocycles. The van der Waals surface area contributed by atoms with Crippen LogP contribution in [0.4, 0.5) is 11.4 Å². The lowest BCUT2D eigenvalue weighted by atomic mass is 9.88. The molecule has 7 nitrogen and oxygen atoms in total. The zero-order chi connectivity index (χ0) is 18.2. The summed E-state index contributed by atoms with van der Waals surface area (Å²) in [4.78, 5) is 37.2. The Kier molecular flexibility index (Phi) is 4.10. The molecule has 0 spiro atoms. The molecular weight excluding hydrogens is 324 g/mol. The molecule has 0 saturated carbocycles. The summed E-state index contributed by atoms with van der Waals surface area (Å²) in [6.45, 7) is 2.11. The quantitative estimate of drug-likeness (QED) is 0.512. The van der Waals surface area contributed by atoms with Crippen LogP contribution in [0.2, 0.25) is 0 Å². The Balaban J connectivity index is 2.02. The molecule has 1 aliphatic rings. The van der Waals surface area contributed by atoms with Gasteiger partial charge < -0.3 is 10.0 Å². The average molecular weight is 340 g/mol. The molecule has 1 aliphatic heterocycles. The smallest absolute Gasteiger partial charge is 0.280 e. The molecular formula is C18H16N2O5. The van der Waals surface area contributed by atoms with Crippen molar-refractivity contribution in [1.29, 1.82) is 0 Å². The van der Waals surface area contributed by atoms with Crippen LogP contribution in [-0.4, -0.2) is 28.3 Å². The Hall–Kier alpha value is -3.06. The number of hydrogen-bond donors (Lipinski definition) is 1.